The summed E-state index contributed by atoms with van der Waals surface area (Å²) in [5, 5.41) is 1.13. The first-order valence-corrected chi connectivity index (χ1v) is 12.1. The van der Waals surface area contributed by atoms with Gasteiger partial charge in [0.25, 0.3) is 0 Å². The molecule has 6 nitrogen and oxygen atoms in total. The minimum atomic E-state index is -3.38. The number of hydrogen-bond donors (Lipinski definition) is 1. The van der Waals surface area contributed by atoms with Gasteiger partial charge in [-0.15, -0.1) is 0 Å². The summed E-state index contributed by atoms with van der Waals surface area (Å²) in [5.74, 6) is -0.404. The van der Waals surface area contributed by atoms with Crippen molar-refractivity contribution in [2.75, 3.05) is 19.9 Å². The lowest BCUT2D eigenvalue weighted by molar-refractivity contribution is -0.134. The van der Waals surface area contributed by atoms with Crippen LogP contribution < -0.4 is 0 Å². The highest BCUT2D eigenvalue weighted by molar-refractivity contribution is 7.88. The summed E-state index contributed by atoms with van der Waals surface area (Å²) >= 11 is 0. The number of H-pyrrole nitrogens is 1. The van der Waals surface area contributed by atoms with Crippen LogP contribution in [0.2, 0.25) is 0 Å². The number of ether oxygens (including phenoxy) is 1. The van der Waals surface area contributed by atoms with Crippen molar-refractivity contribution in [3.63, 3.8) is 0 Å². The van der Waals surface area contributed by atoms with Crippen LogP contribution in [0.1, 0.15) is 34.7 Å². The molecule has 1 aliphatic carbocycles. The number of carbonyl (C=O) groups is 1. The van der Waals surface area contributed by atoms with Crippen LogP contribution in [0.15, 0.2) is 54.7 Å². The number of esters is 1. The van der Waals surface area contributed by atoms with E-state index in [-0.39, 0.29) is 6.04 Å². The molecule has 4 rings (SSSR count). The molecule has 0 spiro atoms. The number of methoxy groups -OCH3 is 1. The number of carbonyl (C=O) groups excluding carboxylic acids is 1. The van der Waals surface area contributed by atoms with E-state index in [0.29, 0.717) is 13.0 Å². The van der Waals surface area contributed by atoms with Crippen LogP contribution in [0.4, 0.5) is 0 Å². The third-order valence-electron chi connectivity index (χ3n) is 5.88. The molecule has 0 saturated heterocycles. The average Bonchev–Trinajstić information content (AvgIpc) is 3.35. The Labute approximate surface area is 182 Å². The van der Waals surface area contributed by atoms with Crippen molar-refractivity contribution in [1.82, 2.24) is 9.29 Å². The molecule has 1 atom stereocenters. The van der Waals surface area contributed by atoms with Gasteiger partial charge in [0.1, 0.15) is 0 Å². The van der Waals surface area contributed by atoms with Crippen LogP contribution in [-0.4, -0.2) is 43.6 Å². The quantitative estimate of drug-likeness (QED) is 0.449. The molecule has 0 aliphatic heterocycles. The highest BCUT2D eigenvalue weighted by Gasteiger charge is 2.33. The van der Waals surface area contributed by atoms with Crippen molar-refractivity contribution in [2.45, 2.75) is 25.3 Å². The van der Waals surface area contributed by atoms with Crippen LogP contribution in [0.5, 0.6) is 0 Å². The summed E-state index contributed by atoms with van der Waals surface area (Å²) < 4.78 is 31.6. The Morgan fingerprint density at radius 2 is 2.06 bits per heavy atom. The summed E-state index contributed by atoms with van der Waals surface area (Å²) in [6.45, 7) is 0.425. The topological polar surface area (TPSA) is 79.5 Å². The Hall–Kier alpha value is -2.90. The second kappa shape index (κ2) is 8.69. The van der Waals surface area contributed by atoms with E-state index in [2.05, 4.69) is 15.8 Å². The lowest BCUT2D eigenvalue weighted by Gasteiger charge is -2.27. The predicted octanol–water partition coefficient (Wildman–Crippen LogP) is 3.85. The number of para-hydroxylation sites is 1. The molecule has 0 bridgehead atoms. The number of benzene rings is 2. The average molecular weight is 439 g/mol. The molecule has 0 radical (unpaired) electrons. The van der Waals surface area contributed by atoms with Gasteiger partial charge in [-0.05, 0) is 53.7 Å². The number of nitrogens with one attached hydrogen (secondary N) is 1. The number of aromatic nitrogens is 1. The normalized spacial score (nSPS) is 16.3. The molecule has 162 valence electrons. The molecule has 1 aliphatic rings. The van der Waals surface area contributed by atoms with E-state index in [1.54, 1.807) is 10.4 Å². The Morgan fingerprint density at radius 3 is 2.84 bits per heavy atom. The van der Waals surface area contributed by atoms with E-state index in [0.717, 1.165) is 46.0 Å². The van der Waals surface area contributed by atoms with Gasteiger partial charge >= 0.3 is 5.97 Å². The van der Waals surface area contributed by atoms with E-state index >= 15 is 0 Å². The Morgan fingerprint density at radius 1 is 1.26 bits per heavy atom. The molecule has 1 heterocycles. The molecule has 0 amide bonds. The van der Waals surface area contributed by atoms with Crippen LogP contribution in [0, 0.1) is 0 Å². The highest BCUT2D eigenvalue weighted by atomic mass is 32.2. The first kappa shape index (κ1) is 21.3. The summed E-state index contributed by atoms with van der Waals surface area (Å²) in [5.41, 5.74) is 5.24. The van der Waals surface area contributed by atoms with Gasteiger partial charge in [0.15, 0.2) is 0 Å². The van der Waals surface area contributed by atoms with Crippen LogP contribution in [0.25, 0.3) is 17.0 Å². The molecule has 2 aromatic carbocycles. The third kappa shape index (κ3) is 4.57. The second-order valence-electron chi connectivity index (χ2n) is 7.85. The van der Waals surface area contributed by atoms with Crippen molar-refractivity contribution in [3.8, 4) is 0 Å². The zero-order valence-corrected chi connectivity index (χ0v) is 18.5. The van der Waals surface area contributed by atoms with E-state index < -0.39 is 16.0 Å². The monoisotopic (exact) mass is 438 g/mol. The van der Waals surface area contributed by atoms with Gasteiger partial charge in [-0.25, -0.2) is 13.2 Å². The Balaban J connectivity index is 1.56. The standard InChI is InChI=1S/C24H26N2O4S/c1-30-24(27)12-8-17-7-10-21-18(15-17)9-11-23(21)26(31(2,28)29)14-13-19-16-25-22-6-4-3-5-20(19)22/h3-8,10,12,15-16,23,25H,9,11,13-14H2,1-2H3. The zero-order chi connectivity index (χ0) is 22.0. The fraction of sp³-hybridized carbons (Fsp3) is 0.292. The maximum atomic E-state index is 12.7. The zero-order valence-electron chi connectivity index (χ0n) is 17.7. The Bertz CT molecular complexity index is 1240. The molecule has 7 heteroatoms. The van der Waals surface area contributed by atoms with Crippen molar-refractivity contribution < 1.29 is 17.9 Å². The lowest BCUT2D eigenvalue weighted by atomic mass is 10.0. The minimum absolute atomic E-state index is 0.172. The van der Waals surface area contributed by atoms with Gasteiger partial charge in [-0.1, -0.05) is 36.4 Å². The fourth-order valence-electron chi connectivity index (χ4n) is 4.37. The number of aryl methyl sites for hydroxylation is 1. The molecule has 1 aromatic heterocycles. The van der Waals surface area contributed by atoms with Crippen molar-refractivity contribution in [3.05, 3.63) is 77.0 Å². The third-order valence-corrected chi connectivity index (χ3v) is 7.17. The van der Waals surface area contributed by atoms with Crippen molar-refractivity contribution in [2.24, 2.45) is 0 Å². The highest BCUT2D eigenvalue weighted by Crippen LogP contribution is 2.38. The smallest absolute Gasteiger partial charge is 0.330 e. The first-order valence-electron chi connectivity index (χ1n) is 10.3. The van der Waals surface area contributed by atoms with E-state index in [1.807, 2.05) is 42.6 Å². The molecule has 1 unspecified atom stereocenters. The molecule has 3 aromatic rings. The van der Waals surface area contributed by atoms with Gasteiger partial charge in [-0.2, -0.15) is 4.31 Å². The molecule has 0 saturated carbocycles. The largest absolute Gasteiger partial charge is 0.466 e. The minimum Gasteiger partial charge on any atom is -0.466 e. The van der Waals surface area contributed by atoms with Crippen LogP contribution in [0.3, 0.4) is 0 Å². The summed E-state index contributed by atoms with van der Waals surface area (Å²) in [6.07, 6.45) is 8.55. The van der Waals surface area contributed by atoms with Crippen LogP contribution >= 0.6 is 0 Å². The van der Waals surface area contributed by atoms with Gasteiger partial charge in [0.2, 0.25) is 10.0 Å². The lowest BCUT2D eigenvalue weighted by Crippen LogP contribution is -2.34. The fourth-order valence-corrected chi connectivity index (χ4v) is 5.48. The maximum Gasteiger partial charge on any atom is 0.330 e. The first-order chi connectivity index (χ1) is 14.9. The van der Waals surface area contributed by atoms with Gasteiger partial charge in [-0.3, -0.25) is 0 Å². The van der Waals surface area contributed by atoms with Crippen molar-refractivity contribution in [1.29, 1.82) is 0 Å². The molecule has 1 N–H and O–H groups in total. The number of hydrogen-bond acceptors (Lipinski definition) is 4. The number of rotatable bonds is 7. The number of sulfonamides is 1. The van der Waals surface area contributed by atoms with Gasteiger partial charge in [0.05, 0.1) is 19.4 Å². The molecular weight excluding hydrogens is 412 g/mol. The summed E-state index contributed by atoms with van der Waals surface area (Å²) in [7, 11) is -2.04. The van der Waals surface area contributed by atoms with E-state index in [1.165, 1.54) is 19.4 Å². The molecular formula is C24H26N2O4S. The van der Waals surface area contributed by atoms with Crippen molar-refractivity contribution >= 4 is 33.0 Å². The summed E-state index contributed by atoms with van der Waals surface area (Å²) in [4.78, 5) is 14.6. The van der Waals surface area contributed by atoms with Gasteiger partial charge in [0, 0.05) is 29.7 Å². The van der Waals surface area contributed by atoms with Crippen LogP contribution in [-0.2, 0) is 32.4 Å². The molecule has 31 heavy (non-hydrogen) atoms. The second-order valence-corrected chi connectivity index (χ2v) is 9.79. The maximum absolute atomic E-state index is 12.7. The number of fused-ring (bicyclic) bond motifs is 2. The number of aromatic amines is 1. The van der Waals surface area contributed by atoms with E-state index in [9.17, 15) is 13.2 Å². The molecule has 0 fully saturated rings. The predicted molar refractivity (Wildman–Crippen MR) is 122 cm³/mol. The summed E-state index contributed by atoms with van der Waals surface area (Å²) in [6, 6.07) is 13.8. The van der Waals surface area contributed by atoms with Gasteiger partial charge < -0.3 is 9.72 Å². The number of nitrogens with zero attached hydrogens (tertiary/aromatic N) is 1. The SMILES string of the molecule is COC(=O)C=Cc1ccc2c(c1)CCC2N(CCc1c[nH]c2ccccc12)S(C)(=O)=O. The Kier molecular flexibility index (Phi) is 5.98. The van der Waals surface area contributed by atoms with E-state index in [4.69, 9.17) is 0 Å².